The number of hydrogen-bond acceptors (Lipinski definition) is 6. The Morgan fingerprint density at radius 1 is 0.377 bits per heavy atom. The molecule has 0 aliphatic carbocycles. The second-order valence-electron chi connectivity index (χ2n) is 13.3. The van der Waals surface area contributed by atoms with Gasteiger partial charge in [0.05, 0.1) is 22.7 Å². The first-order chi connectivity index (χ1) is 26.3. The van der Waals surface area contributed by atoms with Gasteiger partial charge in [-0.15, -0.1) is 11.3 Å². The summed E-state index contributed by atoms with van der Waals surface area (Å²) in [4.78, 5) is 20.3. The number of hydrogen-bond donors (Lipinski definition) is 0. The lowest BCUT2D eigenvalue weighted by atomic mass is 9.97. The SMILES string of the molecule is c1ccc(-c2nc(-c3ccccc3)nc(N3c4ccc5ccccc5c4N(c4ccc5sc6ccccc6c5c4)c4ccc5ccccc5c43)n2)cc1. The van der Waals surface area contributed by atoms with Crippen molar-refractivity contribution in [3.05, 3.63) is 176 Å². The van der Waals surface area contributed by atoms with E-state index >= 15 is 0 Å². The van der Waals surface area contributed by atoms with Crippen molar-refractivity contribution < 1.29 is 0 Å². The van der Waals surface area contributed by atoms with Crippen molar-refractivity contribution in [1.29, 1.82) is 0 Å². The first kappa shape index (κ1) is 29.8. The van der Waals surface area contributed by atoms with E-state index in [1.807, 2.05) is 47.7 Å². The van der Waals surface area contributed by atoms with Crippen molar-refractivity contribution >= 4 is 87.4 Å². The summed E-state index contributed by atoms with van der Waals surface area (Å²) >= 11 is 1.84. The van der Waals surface area contributed by atoms with Crippen LogP contribution in [0.15, 0.2) is 176 Å². The number of aromatic nitrogens is 3. The van der Waals surface area contributed by atoms with Crippen LogP contribution in [-0.2, 0) is 0 Å². The Kier molecular flexibility index (Phi) is 6.66. The molecule has 8 aromatic carbocycles. The Morgan fingerprint density at radius 2 is 0.887 bits per heavy atom. The summed E-state index contributed by atoms with van der Waals surface area (Å²) in [5.41, 5.74) is 7.10. The van der Waals surface area contributed by atoms with E-state index in [-0.39, 0.29) is 0 Å². The summed E-state index contributed by atoms with van der Waals surface area (Å²) in [7, 11) is 0. The smallest absolute Gasteiger partial charge is 0.238 e. The summed E-state index contributed by atoms with van der Waals surface area (Å²) in [6.07, 6.45) is 0. The van der Waals surface area contributed by atoms with Gasteiger partial charge in [-0.3, -0.25) is 4.90 Å². The Hall–Kier alpha value is -6.89. The Balaban J connectivity index is 1.25. The minimum atomic E-state index is 0.561. The van der Waals surface area contributed by atoms with E-state index in [9.17, 15) is 0 Å². The van der Waals surface area contributed by atoms with Crippen LogP contribution < -0.4 is 9.80 Å². The second-order valence-corrected chi connectivity index (χ2v) is 14.4. The molecule has 0 bridgehead atoms. The van der Waals surface area contributed by atoms with Crippen molar-refractivity contribution in [1.82, 2.24) is 15.0 Å². The molecule has 0 radical (unpaired) electrons. The summed E-state index contributed by atoms with van der Waals surface area (Å²) in [5, 5.41) is 7.08. The molecule has 0 unspecified atom stereocenters. The highest BCUT2D eigenvalue weighted by molar-refractivity contribution is 7.25. The normalized spacial score (nSPS) is 12.5. The van der Waals surface area contributed by atoms with Gasteiger partial charge in [0, 0.05) is 47.8 Å². The van der Waals surface area contributed by atoms with Gasteiger partial charge in [0.2, 0.25) is 5.95 Å². The fourth-order valence-electron chi connectivity index (χ4n) is 7.79. The quantitative estimate of drug-likeness (QED) is 0.183. The van der Waals surface area contributed by atoms with Crippen LogP contribution in [0, 0.1) is 0 Å². The number of thiophene rings is 1. The van der Waals surface area contributed by atoms with Gasteiger partial charge in [-0.2, -0.15) is 9.97 Å². The van der Waals surface area contributed by atoms with E-state index in [1.54, 1.807) is 0 Å². The molecule has 0 saturated heterocycles. The zero-order valence-electron chi connectivity index (χ0n) is 28.4. The molecule has 2 aromatic heterocycles. The molecular formula is C47H29N5S. The van der Waals surface area contributed by atoms with Crippen molar-refractivity contribution in [3.63, 3.8) is 0 Å². The summed E-state index contributed by atoms with van der Waals surface area (Å²) in [6, 6.07) is 62.1. The van der Waals surface area contributed by atoms with E-state index in [0.29, 0.717) is 17.6 Å². The predicted molar refractivity (Wildman–Crippen MR) is 222 cm³/mol. The standard InChI is InChI=1S/C47H29N5S/c1-3-15-32(16-4-1)45-48-46(33-17-5-2-6-18-33)50-47(49-45)52-40-27-24-30-13-7-9-19-35(30)43(40)51(39-26-23-31-14-8-10-20-36(31)44(39)52)34-25-28-42-38(29-34)37-21-11-12-22-41(37)53-42/h1-29H. The molecule has 0 N–H and O–H groups in total. The van der Waals surface area contributed by atoms with E-state index in [4.69, 9.17) is 15.0 Å². The minimum absolute atomic E-state index is 0.561. The number of nitrogens with zero attached hydrogens (tertiary/aromatic N) is 5. The molecule has 0 atom stereocenters. The van der Waals surface area contributed by atoms with Gasteiger partial charge in [-0.1, -0.05) is 140 Å². The summed E-state index contributed by atoms with van der Waals surface area (Å²) in [6.45, 7) is 0. The maximum Gasteiger partial charge on any atom is 0.238 e. The summed E-state index contributed by atoms with van der Waals surface area (Å²) < 4.78 is 2.57. The molecule has 6 heteroatoms. The van der Waals surface area contributed by atoms with Gasteiger partial charge in [0.25, 0.3) is 0 Å². The lowest BCUT2D eigenvalue weighted by Crippen LogP contribution is -2.26. The second kappa shape index (κ2) is 11.8. The van der Waals surface area contributed by atoms with E-state index in [0.717, 1.165) is 61.1 Å². The largest absolute Gasteiger partial charge is 0.306 e. The lowest BCUT2D eigenvalue weighted by Gasteiger charge is -2.40. The molecule has 1 aliphatic rings. The fourth-order valence-corrected chi connectivity index (χ4v) is 8.87. The van der Waals surface area contributed by atoms with Crippen LogP contribution in [0.5, 0.6) is 0 Å². The number of rotatable bonds is 4. The molecule has 53 heavy (non-hydrogen) atoms. The van der Waals surface area contributed by atoms with Gasteiger partial charge >= 0.3 is 0 Å². The van der Waals surface area contributed by atoms with Crippen LogP contribution in [0.4, 0.5) is 34.4 Å². The van der Waals surface area contributed by atoms with Crippen molar-refractivity contribution in [2.24, 2.45) is 0 Å². The third-order valence-electron chi connectivity index (χ3n) is 10.2. The number of fused-ring (bicyclic) bond motifs is 9. The average Bonchev–Trinajstić information content (AvgIpc) is 3.61. The maximum absolute atomic E-state index is 5.29. The van der Waals surface area contributed by atoms with Crippen LogP contribution >= 0.6 is 11.3 Å². The predicted octanol–water partition coefficient (Wildman–Crippen LogP) is 13.1. The summed E-state index contributed by atoms with van der Waals surface area (Å²) in [5.74, 6) is 1.80. The van der Waals surface area contributed by atoms with Crippen LogP contribution in [0.2, 0.25) is 0 Å². The monoisotopic (exact) mass is 695 g/mol. The molecule has 0 spiro atoms. The topological polar surface area (TPSA) is 45.2 Å². The van der Waals surface area contributed by atoms with E-state index in [2.05, 4.69) is 149 Å². The van der Waals surface area contributed by atoms with Crippen LogP contribution in [0.3, 0.4) is 0 Å². The first-order valence-corrected chi connectivity index (χ1v) is 18.5. The molecule has 0 saturated carbocycles. The van der Waals surface area contributed by atoms with Crippen LogP contribution in [-0.4, -0.2) is 15.0 Å². The Bertz CT molecular complexity index is 2970. The van der Waals surface area contributed by atoms with Crippen LogP contribution in [0.25, 0.3) is 64.5 Å². The fraction of sp³-hybridized carbons (Fsp3) is 0. The van der Waals surface area contributed by atoms with Crippen molar-refractivity contribution in [3.8, 4) is 22.8 Å². The van der Waals surface area contributed by atoms with Gasteiger partial charge in [-0.25, -0.2) is 4.98 Å². The molecular weight excluding hydrogens is 667 g/mol. The highest BCUT2D eigenvalue weighted by atomic mass is 32.1. The van der Waals surface area contributed by atoms with Gasteiger partial charge < -0.3 is 4.90 Å². The lowest BCUT2D eigenvalue weighted by molar-refractivity contribution is 1.02. The number of benzene rings is 8. The molecule has 5 nitrogen and oxygen atoms in total. The zero-order chi connectivity index (χ0) is 34.9. The third kappa shape index (κ3) is 4.73. The highest BCUT2D eigenvalue weighted by Crippen LogP contribution is 2.58. The molecule has 0 amide bonds. The molecule has 1 aliphatic heterocycles. The third-order valence-corrected chi connectivity index (χ3v) is 11.3. The van der Waals surface area contributed by atoms with Gasteiger partial charge in [-0.05, 0) is 47.2 Å². The molecule has 10 aromatic rings. The zero-order valence-corrected chi connectivity index (χ0v) is 29.2. The maximum atomic E-state index is 5.29. The Morgan fingerprint density at radius 3 is 1.53 bits per heavy atom. The van der Waals surface area contributed by atoms with E-state index < -0.39 is 0 Å². The molecule has 0 fully saturated rings. The average molecular weight is 696 g/mol. The van der Waals surface area contributed by atoms with Gasteiger partial charge in [0.1, 0.15) is 0 Å². The minimum Gasteiger partial charge on any atom is -0.306 e. The molecule has 3 heterocycles. The first-order valence-electron chi connectivity index (χ1n) is 17.7. The molecule has 11 rings (SSSR count). The van der Waals surface area contributed by atoms with Gasteiger partial charge in [0.15, 0.2) is 11.6 Å². The molecule has 248 valence electrons. The number of anilines is 6. The van der Waals surface area contributed by atoms with Crippen LogP contribution in [0.1, 0.15) is 0 Å². The van der Waals surface area contributed by atoms with Crippen molar-refractivity contribution in [2.45, 2.75) is 0 Å². The van der Waals surface area contributed by atoms with E-state index in [1.165, 1.54) is 20.2 Å². The Labute approximate surface area is 309 Å². The van der Waals surface area contributed by atoms with Crippen molar-refractivity contribution in [2.75, 3.05) is 9.80 Å². The highest BCUT2D eigenvalue weighted by Gasteiger charge is 2.35.